The minimum Gasteiger partial charge on any atom is -0.480 e. The molecule has 60 heavy (non-hydrogen) atoms. The Morgan fingerprint density at radius 2 is 1.52 bits per heavy atom. The minimum absolute atomic E-state index is 0.0193. The molecule has 15 nitrogen and oxygen atoms in total. The van der Waals surface area contributed by atoms with Crippen molar-refractivity contribution in [1.82, 2.24) is 35.8 Å². The number of aromatic nitrogens is 3. The molecule has 2 fully saturated rings. The van der Waals surface area contributed by atoms with Crippen LogP contribution in [0.2, 0.25) is 10.0 Å². The van der Waals surface area contributed by atoms with E-state index in [1.165, 1.54) is 13.3 Å². The fourth-order valence-corrected chi connectivity index (χ4v) is 8.31. The van der Waals surface area contributed by atoms with E-state index in [2.05, 4.69) is 30.8 Å². The van der Waals surface area contributed by atoms with Gasteiger partial charge in [0, 0.05) is 79.4 Å². The maximum Gasteiger partial charge on any atom is 0.410 e. The minimum atomic E-state index is -0.700. The van der Waals surface area contributed by atoms with Gasteiger partial charge in [-0.1, -0.05) is 65.7 Å². The molecule has 316 valence electrons. The van der Waals surface area contributed by atoms with Crippen LogP contribution < -0.4 is 25.6 Å². The lowest BCUT2D eigenvalue weighted by molar-refractivity contribution is -0.120. The van der Waals surface area contributed by atoms with Crippen molar-refractivity contribution >= 4 is 53.0 Å². The first kappa shape index (κ1) is 42.5. The average molecular weight is 860 g/mol. The number of amides is 4. The highest BCUT2D eigenvalue weighted by Gasteiger charge is 2.37. The van der Waals surface area contributed by atoms with Crippen molar-refractivity contribution in [2.24, 2.45) is 0 Å². The van der Waals surface area contributed by atoms with Gasteiger partial charge in [0.05, 0.1) is 40.8 Å². The first-order valence-corrected chi connectivity index (χ1v) is 20.6. The number of nitrogens with one attached hydrogen (secondary N) is 3. The van der Waals surface area contributed by atoms with Crippen LogP contribution in [0.4, 0.5) is 15.4 Å². The molecule has 17 heteroatoms. The van der Waals surface area contributed by atoms with Crippen LogP contribution in [0.25, 0.3) is 33.6 Å². The Labute approximate surface area is 358 Å². The van der Waals surface area contributed by atoms with Crippen LogP contribution in [-0.4, -0.2) is 95.3 Å². The van der Waals surface area contributed by atoms with Crippen molar-refractivity contribution in [2.45, 2.75) is 83.2 Å². The summed E-state index contributed by atoms with van der Waals surface area (Å²) in [5.74, 6) is 0.823. The largest absolute Gasteiger partial charge is 0.480 e. The Morgan fingerprint density at radius 1 is 0.883 bits per heavy atom. The number of rotatable bonds is 11. The van der Waals surface area contributed by atoms with E-state index >= 15 is 0 Å². The predicted molar refractivity (Wildman–Crippen MR) is 227 cm³/mol. The molecule has 2 aromatic carbocycles. The number of ether oxygens (including phenoxy) is 3. The monoisotopic (exact) mass is 858 g/mol. The third-order valence-electron chi connectivity index (χ3n) is 10.6. The van der Waals surface area contributed by atoms with Gasteiger partial charge in [-0.15, -0.1) is 0 Å². The summed E-state index contributed by atoms with van der Waals surface area (Å²) < 4.78 is 16.7. The topological polar surface area (TPSA) is 177 Å². The van der Waals surface area contributed by atoms with Crippen molar-refractivity contribution in [3.8, 4) is 39.5 Å². The summed E-state index contributed by atoms with van der Waals surface area (Å²) in [6, 6.07) is 14.5. The van der Waals surface area contributed by atoms with E-state index in [1.54, 1.807) is 4.90 Å². The first-order valence-electron chi connectivity index (χ1n) is 19.9. The third-order valence-corrected chi connectivity index (χ3v) is 11.4. The number of carbonyl (C=O) groups excluding carboxylic acids is 4. The van der Waals surface area contributed by atoms with Gasteiger partial charge in [-0.25, -0.2) is 24.5 Å². The van der Waals surface area contributed by atoms with Crippen molar-refractivity contribution in [3.05, 3.63) is 76.0 Å². The zero-order chi connectivity index (χ0) is 42.7. The Balaban J connectivity index is 1.12. The maximum absolute atomic E-state index is 13.7. The van der Waals surface area contributed by atoms with Crippen LogP contribution in [-0.2, 0) is 25.7 Å². The number of anilines is 1. The summed E-state index contributed by atoms with van der Waals surface area (Å²) >= 11 is 14.3. The SMILES string of the molecule is COc1nc(-c2cccc(-c3cccc(-c4ccc5c(n4)N(C)CCC5N(C[C@@H]4CCC(=O)N4)C(=O)OC(C)(C)C)c3Cl)c2Cl)cnc1COC(=O)NC[C@@H]1CCC(=O)N1. The van der Waals surface area contributed by atoms with Gasteiger partial charge >= 0.3 is 12.2 Å². The van der Waals surface area contributed by atoms with E-state index in [9.17, 15) is 19.2 Å². The normalized spacial score (nSPS) is 18.6. The third kappa shape index (κ3) is 9.52. The first-order chi connectivity index (χ1) is 28.7. The molecule has 2 aromatic heterocycles. The smallest absolute Gasteiger partial charge is 0.410 e. The van der Waals surface area contributed by atoms with Crippen molar-refractivity contribution in [1.29, 1.82) is 0 Å². The number of hydrogen-bond acceptors (Lipinski definition) is 11. The number of pyridine rings is 1. The molecule has 0 aliphatic carbocycles. The number of hydrogen-bond donors (Lipinski definition) is 3. The molecule has 3 atom stereocenters. The van der Waals surface area contributed by atoms with Crippen LogP contribution in [0.5, 0.6) is 5.88 Å². The fourth-order valence-electron chi connectivity index (χ4n) is 7.66. The molecule has 3 aliphatic rings. The van der Waals surface area contributed by atoms with E-state index in [4.69, 9.17) is 42.4 Å². The molecular weight excluding hydrogens is 811 g/mol. The highest BCUT2D eigenvalue weighted by molar-refractivity contribution is 6.39. The van der Waals surface area contributed by atoms with Crippen molar-refractivity contribution in [2.75, 3.05) is 38.7 Å². The van der Waals surface area contributed by atoms with Crippen LogP contribution in [0, 0.1) is 0 Å². The second-order valence-corrected chi connectivity index (χ2v) is 16.8. The Bertz CT molecular complexity index is 2300. The molecule has 4 amide bonds. The average Bonchev–Trinajstić information content (AvgIpc) is 3.84. The maximum atomic E-state index is 13.7. The Kier molecular flexibility index (Phi) is 12.7. The molecule has 4 aromatic rings. The highest BCUT2D eigenvalue weighted by atomic mass is 35.5. The number of benzene rings is 2. The van der Waals surface area contributed by atoms with Crippen LogP contribution >= 0.6 is 23.2 Å². The Morgan fingerprint density at radius 3 is 2.13 bits per heavy atom. The summed E-state index contributed by atoms with van der Waals surface area (Å²) in [5.41, 5.74) is 4.16. The Hall–Kier alpha value is -5.67. The quantitative estimate of drug-likeness (QED) is 0.140. The highest BCUT2D eigenvalue weighted by Crippen LogP contribution is 2.44. The number of halogens is 2. The molecule has 0 radical (unpaired) electrons. The van der Waals surface area contributed by atoms with E-state index in [0.29, 0.717) is 94.6 Å². The number of nitrogens with zero attached hydrogens (tertiary/aromatic N) is 5. The zero-order valence-corrected chi connectivity index (χ0v) is 35.7. The van der Waals surface area contributed by atoms with Gasteiger partial charge in [-0.3, -0.25) is 14.5 Å². The van der Waals surface area contributed by atoms with Crippen molar-refractivity contribution in [3.63, 3.8) is 0 Å². The van der Waals surface area contributed by atoms with E-state index < -0.39 is 17.8 Å². The number of fused-ring (bicyclic) bond motifs is 1. The zero-order valence-electron chi connectivity index (χ0n) is 34.1. The van der Waals surface area contributed by atoms with Crippen molar-refractivity contribution < 1.29 is 33.4 Å². The van der Waals surface area contributed by atoms with Gasteiger partial charge < -0.3 is 35.1 Å². The number of alkyl carbamates (subject to hydrolysis) is 1. The lowest BCUT2D eigenvalue weighted by atomic mass is 9.95. The number of carbonyl (C=O) groups is 4. The van der Waals surface area contributed by atoms with Gasteiger partial charge in [-0.05, 0) is 46.1 Å². The van der Waals surface area contributed by atoms with Crippen LogP contribution in [0.3, 0.4) is 0 Å². The molecule has 0 spiro atoms. The molecule has 7 rings (SSSR count). The lowest BCUT2D eigenvalue weighted by Crippen LogP contribution is -2.47. The fraction of sp³-hybridized carbons (Fsp3) is 0.419. The van der Waals surface area contributed by atoms with E-state index in [1.807, 2.05) is 76.3 Å². The summed E-state index contributed by atoms with van der Waals surface area (Å²) in [6.07, 6.45) is 3.25. The second-order valence-electron chi connectivity index (χ2n) is 16.1. The van der Waals surface area contributed by atoms with Crippen LogP contribution in [0.15, 0.2) is 54.7 Å². The molecule has 0 saturated carbocycles. The summed E-state index contributed by atoms with van der Waals surface area (Å²) in [4.78, 5) is 67.6. The molecular formula is C43H48Cl2N8O7. The van der Waals surface area contributed by atoms with Gasteiger partial charge in [0.1, 0.15) is 23.7 Å². The lowest BCUT2D eigenvalue weighted by Gasteiger charge is -2.40. The molecule has 3 aliphatic heterocycles. The van der Waals surface area contributed by atoms with Gasteiger partial charge in [0.25, 0.3) is 0 Å². The molecule has 1 unspecified atom stereocenters. The standard InChI is InChI=1S/C43H48Cl2N8O7/c1-43(2,3)60-42(57)53(22-25-13-17-36(55)49-25)34-18-19-52(4)39-30(34)14-15-31(50-39)28-10-6-8-26(37(28)44)27-9-7-11-29(38(27)45)32-21-46-33(40(51-32)58-5)23-59-41(56)47-20-24-12-16-35(54)48-24/h6-11,14-15,21,24-25,34H,12-13,16-20,22-23H2,1-5H3,(H,47,56)(H,48,54)(H,49,55)/t24-,25-,34?/m0/s1. The second kappa shape index (κ2) is 17.9. The van der Waals surface area contributed by atoms with Gasteiger partial charge in [0.2, 0.25) is 17.7 Å². The van der Waals surface area contributed by atoms with Gasteiger partial charge in [-0.2, -0.15) is 0 Å². The van der Waals surface area contributed by atoms with Crippen LogP contribution in [0.1, 0.15) is 70.2 Å². The molecule has 2 saturated heterocycles. The predicted octanol–water partition coefficient (Wildman–Crippen LogP) is 7.09. The summed E-state index contributed by atoms with van der Waals surface area (Å²) in [7, 11) is 3.42. The van der Waals surface area contributed by atoms with Gasteiger partial charge in [0.15, 0.2) is 0 Å². The molecule has 3 N–H and O–H groups in total. The van der Waals surface area contributed by atoms with E-state index in [0.717, 1.165) is 11.4 Å². The molecule has 0 bridgehead atoms. The van der Waals surface area contributed by atoms with E-state index in [-0.39, 0.29) is 49.0 Å². The molecule has 5 heterocycles. The number of methoxy groups -OCH3 is 1. The summed E-state index contributed by atoms with van der Waals surface area (Å²) in [5, 5.41) is 9.27. The summed E-state index contributed by atoms with van der Waals surface area (Å²) in [6.45, 7) is 6.55.